The normalized spacial score (nSPS) is 13.4. The highest BCUT2D eigenvalue weighted by atomic mass is 16.5. The highest BCUT2D eigenvalue weighted by Gasteiger charge is 2.25. The van der Waals surface area contributed by atoms with Crippen LogP contribution in [0.2, 0.25) is 0 Å². The fourth-order valence-electron chi connectivity index (χ4n) is 3.40. The van der Waals surface area contributed by atoms with Gasteiger partial charge in [0.15, 0.2) is 0 Å². The Hall–Kier alpha value is -3.34. The number of nitrogens with one attached hydrogen (secondary N) is 1. The van der Waals surface area contributed by atoms with Crippen LogP contribution in [0.25, 0.3) is 11.3 Å². The Labute approximate surface area is 157 Å². The maximum atomic E-state index is 12.6. The summed E-state index contributed by atoms with van der Waals surface area (Å²) in [5.74, 6) is -0.499. The second-order valence-corrected chi connectivity index (χ2v) is 6.96. The monoisotopic (exact) mass is 360 g/mol. The molecule has 1 saturated carbocycles. The van der Waals surface area contributed by atoms with E-state index in [1.165, 1.54) is 6.20 Å². The minimum Gasteiger partial charge on any atom is -0.618 e. The second kappa shape index (κ2) is 6.76. The molecule has 0 atom stereocenters. The average molecular weight is 360 g/mol. The molecular formula is C22H20N2O3. The molecule has 0 bridgehead atoms. The lowest BCUT2D eigenvalue weighted by Gasteiger charge is -2.13. The molecule has 0 spiro atoms. The Kier molecular flexibility index (Phi) is 4.28. The minimum atomic E-state index is -0.979. The first-order chi connectivity index (χ1) is 13.0. The van der Waals surface area contributed by atoms with Crippen LogP contribution in [0, 0.1) is 12.1 Å². The smallest absolute Gasteiger partial charge is 0.337 e. The van der Waals surface area contributed by atoms with Gasteiger partial charge >= 0.3 is 5.97 Å². The van der Waals surface area contributed by atoms with Crippen LogP contribution in [-0.2, 0) is 0 Å². The maximum absolute atomic E-state index is 12.6. The lowest BCUT2D eigenvalue weighted by molar-refractivity contribution is -0.593. The van der Waals surface area contributed by atoms with Crippen molar-refractivity contribution in [2.45, 2.75) is 25.7 Å². The fraction of sp³-hybridized carbons (Fsp3) is 0.182. The minimum absolute atomic E-state index is 0.224. The molecule has 0 aliphatic heterocycles. The zero-order valence-electron chi connectivity index (χ0n) is 15.0. The van der Waals surface area contributed by atoms with Crippen LogP contribution in [-0.4, -0.2) is 11.1 Å². The Morgan fingerprint density at radius 1 is 1.15 bits per heavy atom. The molecule has 1 heterocycles. The van der Waals surface area contributed by atoms with Crippen molar-refractivity contribution in [1.82, 2.24) is 0 Å². The van der Waals surface area contributed by atoms with Gasteiger partial charge in [0.2, 0.25) is 11.9 Å². The van der Waals surface area contributed by atoms with E-state index in [9.17, 15) is 15.1 Å². The van der Waals surface area contributed by atoms with Gasteiger partial charge in [-0.3, -0.25) is 0 Å². The molecule has 1 aliphatic carbocycles. The molecule has 0 unspecified atom stereocenters. The first kappa shape index (κ1) is 17.1. The summed E-state index contributed by atoms with van der Waals surface area (Å²) in [4.78, 5) is 11.7. The summed E-state index contributed by atoms with van der Waals surface area (Å²) in [7, 11) is 0. The van der Waals surface area contributed by atoms with E-state index in [2.05, 4.69) is 5.32 Å². The zero-order valence-corrected chi connectivity index (χ0v) is 15.0. The SMILES string of the molecule is Cc1cc(Nc2ccc(C3CC3)cc2C(=O)O)c[n+]([O-])c1-c1ccccc1. The van der Waals surface area contributed by atoms with Gasteiger partial charge in [0.05, 0.1) is 11.3 Å². The number of hydrogen-bond acceptors (Lipinski definition) is 3. The van der Waals surface area contributed by atoms with E-state index in [4.69, 9.17) is 0 Å². The van der Waals surface area contributed by atoms with E-state index in [0.29, 0.717) is 23.0 Å². The number of aromatic nitrogens is 1. The van der Waals surface area contributed by atoms with E-state index in [0.717, 1.165) is 34.3 Å². The van der Waals surface area contributed by atoms with Gasteiger partial charge in [-0.15, -0.1) is 0 Å². The number of aromatic carboxylic acids is 1. The van der Waals surface area contributed by atoms with Crippen molar-refractivity contribution in [2.24, 2.45) is 0 Å². The molecule has 2 aromatic carbocycles. The molecule has 1 aromatic heterocycles. The largest absolute Gasteiger partial charge is 0.618 e. The zero-order chi connectivity index (χ0) is 19.0. The summed E-state index contributed by atoms with van der Waals surface area (Å²) < 4.78 is 0.825. The van der Waals surface area contributed by atoms with Crippen molar-refractivity contribution in [3.8, 4) is 11.3 Å². The molecule has 27 heavy (non-hydrogen) atoms. The van der Waals surface area contributed by atoms with Gasteiger partial charge in [0, 0.05) is 11.1 Å². The number of carboxylic acids is 1. The van der Waals surface area contributed by atoms with Gasteiger partial charge in [-0.25, -0.2) is 4.79 Å². The van der Waals surface area contributed by atoms with Crippen LogP contribution < -0.4 is 10.0 Å². The summed E-state index contributed by atoms with van der Waals surface area (Å²) in [6.07, 6.45) is 3.67. The lowest BCUT2D eigenvalue weighted by Crippen LogP contribution is -2.30. The summed E-state index contributed by atoms with van der Waals surface area (Å²) >= 11 is 0. The van der Waals surface area contributed by atoms with Crippen molar-refractivity contribution in [3.05, 3.63) is 82.7 Å². The molecule has 136 valence electrons. The van der Waals surface area contributed by atoms with Crippen molar-refractivity contribution >= 4 is 17.3 Å². The number of aryl methyl sites for hydroxylation is 1. The number of pyridine rings is 1. The third-order valence-corrected chi connectivity index (χ3v) is 4.87. The number of rotatable bonds is 5. The highest BCUT2D eigenvalue weighted by Crippen LogP contribution is 2.41. The third-order valence-electron chi connectivity index (χ3n) is 4.87. The number of carbonyl (C=O) groups is 1. The molecule has 4 rings (SSSR count). The number of carboxylic acid groups (broad SMARTS) is 1. The Morgan fingerprint density at radius 2 is 1.89 bits per heavy atom. The number of benzene rings is 2. The van der Waals surface area contributed by atoms with E-state index >= 15 is 0 Å². The molecule has 5 nitrogen and oxygen atoms in total. The highest BCUT2D eigenvalue weighted by molar-refractivity contribution is 5.95. The molecule has 0 saturated heterocycles. The number of anilines is 2. The summed E-state index contributed by atoms with van der Waals surface area (Å²) in [5.41, 5.74) is 4.57. The van der Waals surface area contributed by atoms with Crippen molar-refractivity contribution in [2.75, 3.05) is 5.32 Å². The van der Waals surface area contributed by atoms with Gasteiger partial charge in [-0.2, -0.15) is 4.73 Å². The quantitative estimate of drug-likeness (QED) is 0.514. The summed E-state index contributed by atoms with van der Waals surface area (Å²) in [5, 5.41) is 25.2. The van der Waals surface area contributed by atoms with Gasteiger partial charge in [-0.05, 0) is 61.6 Å². The molecule has 2 N–H and O–H groups in total. The molecule has 1 fully saturated rings. The Balaban J connectivity index is 1.68. The standard InChI is InChI=1S/C22H20N2O3/c1-14-11-18(13-24(27)21(14)16-5-3-2-4-6-16)23-20-10-9-17(15-7-8-15)12-19(20)22(25)26/h2-6,9-13,15,23H,7-8H2,1H3,(H,25,26). The molecule has 1 aliphatic rings. The first-order valence-electron chi connectivity index (χ1n) is 8.96. The van der Waals surface area contributed by atoms with E-state index in [-0.39, 0.29) is 5.56 Å². The van der Waals surface area contributed by atoms with Crippen LogP contribution in [0.3, 0.4) is 0 Å². The number of hydrogen-bond donors (Lipinski definition) is 2. The maximum Gasteiger partial charge on any atom is 0.337 e. The number of nitrogens with zero attached hydrogens (tertiary/aromatic N) is 1. The molecule has 5 heteroatoms. The van der Waals surface area contributed by atoms with Crippen LogP contribution >= 0.6 is 0 Å². The predicted molar refractivity (Wildman–Crippen MR) is 104 cm³/mol. The first-order valence-corrected chi connectivity index (χ1v) is 8.96. The third kappa shape index (κ3) is 3.49. The van der Waals surface area contributed by atoms with Crippen LogP contribution in [0.5, 0.6) is 0 Å². The van der Waals surface area contributed by atoms with Crippen molar-refractivity contribution < 1.29 is 14.6 Å². The average Bonchev–Trinajstić information content (AvgIpc) is 3.47. The van der Waals surface area contributed by atoms with Crippen LogP contribution in [0.4, 0.5) is 11.4 Å². The van der Waals surface area contributed by atoms with E-state index in [1.54, 1.807) is 12.1 Å². The summed E-state index contributed by atoms with van der Waals surface area (Å²) in [6.45, 7) is 1.87. The topological polar surface area (TPSA) is 76.3 Å². The molecule has 0 radical (unpaired) electrons. The van der Waals surface area contributed by atoms with Crippen molar-refractivity contribution in [3.63, 3.8) is 0 Å². The lowest BCUT2D eigenvalue weighted by atomic mass is 10.0. The van der Waals surface area contributed by atoms with Crippen molar-refractivity contribution in [1.29, 1.82) is 0 Å². The van der Waals surface area contributed by atoms with Gasteiger partial charge in [-0.1, -0.05) is 24.3 Å². The molecule has 3 aromatic rings. The Morgan fingerprint density at radius 3 is 2.52 bits per heavy atom. The van der Waals surface area contributed by atoms with Crippen LogP contribution in [0.1, 0.15) is 40.2 Å². The predicted octanol–water partition coefficient (Wildman–Crippen LogP) is 4.61. The van der Waals surface area contributed by atoms with E-state index < -0.39 is 5.97 Å². The van der Waals surface area contributed by atoms with Gasteiger partial charge in [0.25, 0.3) is 0 Å². The van der Waals surface area contributed by atoms with Crippen LogP contribution in [0.15, 0.2) is 60.8 Å². The summed E-state index contributed by atoms with van der Waals surface area (Å²) in [6, 6.07) is 16.8. The molecule has 0 amide bonds. The van der Waals surface area contributed by atoms with Gasteiger partial charge in [0.1, 0.15) is 5.69 Å². The van der Waals surface area contributed by atoms with Gasteiger partial charge < -0.3 is 15.6 Å². The second-order valence-electron chi connectivity index (χ2n) is 6.96. The molecular weight excluding hydrogens is 340 g/mol. The van der Waals surface area contributed by atoms with E-state index in [1.807, 2.05) is 49.4 Å². The Bertz CT molecular complexity index is 988. The fourth-order valence-corrected chi connectivity index (χ4v) is 3.40.